The zero-order chi connectivity index (χ0) is 24.3. The summed E-state index contributed by atoms with van der Waals surface area (Å²) < 4.78 is 13.4. The van der Waals surface area contributed by atoms with E-state index in [1.807, 2.05) is 72.9 Å². The van der Waals surface area contributed by atoms with Gasteiger partial charge in [-0.15, -0.1) is 0 Å². The Morgan fingerprint density at radius 1 is 0.639 bits per heavy atom. The number of hydrogen-bond acceptors (Lipinski definition) is 5. The van der Waals surface area contributed by atoms with Crippen LogP contribution in [0.2, 0.25) is 0 Å². The van der Waals surface area contributed by atoms with Crippen molar-refractivity contribution in [2.24, 2.45) is 0 Å². The molecule has 0 bridgehead atoms. The average molecular weight is 484 g/mol. The molecule has 3 aromatic heterocycles. The summed E-state index contributed by atoms with van der Waals surface area (Å²) in [5.41, 5.74) is 4.69. The van der Waals surface area contributed by atoms with Gasteiger partial charge in [0, 0.05) is 40.0 Å². The molecule has 0 N–H and O–H groups in total. The number of benzene rings is 3. The van der Waals surface area contributed by atoms with Gasteiger partial charge in [-0.25, -0.2) is 0 Å². The molecule has 0 spiro atoms. The van der Waals surface area contributed by atoms with E-state index >= 15 is 0 Å². The quantitative estimate of drug-likeness (QED) is 0.237. The molecule has 6 rings (SSSR count). The van der Waals surface area contributed by atoms with Crippen molar-refractivity contribution in [2.45, 2.75) is 5.28 Å². The molecule has 3 heterocycles. The van der Waals surface area contributed by atoms with E-state index < -0.39 is 14.8 Å². The summed E-state index contributed by atoms with van der Waals surface area (Å²) in [5.74, 6) is 1.42. The molecule has 0 aliphatic heterocycles. The molecule has 0 aliphatic carbocycles. The number of pyridine rings is 3. The molecule has 0 aliphatic rings. The lowest BCUT2D eigenvalue weighted by Gasteiger charge is -2.19. The summed E-state index contributed by atoms with van der Waals surface area (Å²) in [6.45, 7) is 3.94. The molecule has 36 heavy (non-hydrogen) atoms. The third kappa shape index (κ3) is 4.29. The number of aromatic nitrogens is 3. The first-order chi connectivity index (χ1) is 17.8. The van der Waals surface area contributed by atoms with E-state index in [2.05, 4.69) is 45.8 Å². The van der Waals surface area contributed by atoms with Crippen LogP contribution in [-0.4, -0.2) is 29.8 Å². The van der Waals surface area contributed by atoms with Crippen molar-refractivity contribution >= 4 is 53.6 Å². The minimum Gasteiger partial charge on any atom is -0.610 e. The van der Waals surface area contributed by atoms with E-state index in [1.165, 1.54) is 0 Å². The van der Waals surface area contributed by atoms with Crippen LogP contribution in [0.1, 0.15) is 11.1 Å². The Labute approximate surface area is 213 Å². The van der Waals surface area contributed by atoms with E-state index in [9.17, 15) is 0 Å². The fourth-order valence-electron chi connectivity index (χ4n) is 4.52. The molecule has 172 valence electrons. The van der Waals surface area contributed by atoms with Gasteiger partial charge >= 0.3 is 14.8 Å². The van der Waals surface area contributed by atoms with E-state index in [1.54, 1.807) is 12.4 Å². The molecular weight excluding hydrogens is 461 g/mol. The zero-order valence-electron chi connectivity index (χ0n) is 19.5. The Hall–Kier alpha value is -4.24. The second-order valence-corrected chi connectivity index (χ2v) is 10.2. The Morgan fingerprint density at radius 3 is 2.03 bits per heavy atom. The van der Waals surface area contributed by atoms with E-state index in [0.29, 0.717) is 11.0 Å². The third-order valence-electron chi connectivity index (χ3n) is 6.20. The second kappa shape index (κ2) is 9.79. The standard InChI is InChI=1S/C11H9NO.C10H8N.C9H7NO.Al/c1-2-8-5-6-10(13)11-9(8)4-3-7-12-11;1-8-4-2-5-9-6-3-7-11-10(8)9;11-8-5-1-3-7-4-2-6-10-9(7)8;/h2-7,13H,1H2;2-7H,1H2;1-6,11H;/q;;;+2/p-2. The van der Waals surface area contributed by atoms with Crippen LogP contribution in [-0.2, 0) is 5.28 Å². The van der Waals surface area contributed by atoms with E-state index in [-0.39, 0.29) is 0 Å². The predicted molar refractivity (Wildman–Crippen MR) is 146 cm³/mol. The van der Waals surface area contributed by atoms with Crippen molar-refractivity contribution in [3.63, 3.8) is 0 Å². The Balaban J connectivity index is 1.43. The summed E-state index contributed by atoms with van der Waals surface area (Å²) in [6.07, 6.45) is 7.22. The molecule has 6 heteroatoms. The van der Waals surface area contributed by atoms with Crippen LogP contribution < -0.4 is 7.58 Å². The first-order valence-electron chi connectivity index (χ1n) is 11.8. The molecule has 3 aromatic carbocycles. The molecule has 0 unspecified atom stereocenters. The molecular formula is C30H22AlN3O2. The maximum atomic E-state index is 6.70. The number of rotatable bonds is 7. The molecule has 6 aromatic rings. The van der Waals surface area contributed by atoms with Gasteiger partial charge in [0.15, 0.2) is 0 Å². The smallest absolute Gasteiger partial charge is 0.610 e. The summed E-state index contributed by atoms with van der Waals surface area (Å²) in [6, 6.07) is 28.1. The van der Waals surface area contributed by atoms with Crippen LogP contribution >= 0.6 is 0 Å². The first-order valence-corrected chi connectivity index (χ1v) is 13.6. The number of para-hydroxylation sites is 2. The SMILES string of the molecule is C=Cc1ccc([O][Al]([CH2]c2cccc3cccnc23)[O]c2cccc3cccnc23)c2ncccc12. The lowest BCUT2D eigenvalue weighted by atomic mass is 10.1. The molecule has 5 nitrogen and oxygen atoms in total. The van der Waals surface area contributed by atoms with E-state index in [0.717, 1.165) is 49.6 Å². The molecule has 0 fully saturated rings. The average Bonchev–Trinajstić information content (AvgIpc) is 2.93. The van der Waals surface area contributed by atoms with Gasteiger partial charge in [0.25, 0.3) is 0 Å². The fraction of sp³-hybridized carbons (Fsp3) is 0.0333. The highest BCUT2D eigenvalue weighted by Gasteiger charge is 2.35. The normalized spacial score (nSPS) is 11.0. The Kier molecular flexibility index (Phi) is 6.05. The number of fused-ring (bicyclic) bond motifs is 3. The van der Waals surface area contributed by atoms with Gasteiger partial charge in [0.1, 0.15) is 22.5 Å². The van der Waals surface area contributed by atoms with E-state index in [4.69, 9.17) is 7.58 Å². The zero-order valence-corrected chi connectivity index (χ0v) is 20.7. The van der Waals surface area contributed by atoms with Gasteiger partial charge in [-0.1, -0.05) is 67.3 Å². The first kappa shape index (κ1) is 22.2. The van der Waals surface area contributed by atoms with Gasteiger partial charge in [-0.05, 0) is 41.5 Å². The van der Waals surface area contributed by atoms with Crippen molar-refractivity contribution in [2.75, 3.05) is 0 Å². The number of hydrogen-bond donors (Lipinski definition) is 0. The van der Waals surface area contributed by atoms with Crippen LogP contribution in [0, 0.1) is 0 Å². The highest BCUT2D eigenvalue weighted by Crippen LogP contribution is 2.30. The molecule has 0 atom stereocenters. The van der Waals surface area contributed by atoms with Crippen LogP contribution in [0.15, 0.2) is 110 Å². The van der Waals surface area contributed by atoms with Crippen molar-refractivity contribution in [3.8, 4) is 11.5 Å². The van der Waals surface area contributed by atoms with Crippen LogP contribution in [0.4, 0.5) is 0 Å². The second-order valence-electron chi connectivity index (χ2n) is 8.45. The summed E-state index contributed by atoms with van der Waals surface area (Å²) in [7, 11) is 0. The van der Waals surface area contributed by atoms with Gasteiger partial charge in [-0.3, -0.25) is 15.0 Å². The predicted octanol–water partition coefficient (Wildman–Crippen LogP) is 6.70. The Morgan fingerprint density at radius 2 is 1.25 bits per heavy atom. The highest BCUT2D eigenvalue weighted by molar-refractivity contribution is 6.46. The maximum absolute atomic E-state index is 6.70. The third-order valence-corrected chi connectivity index (χ3v) is 8.01. The van der Waals surface area contributed by atoms with Crippen molar-refractivity contribution in [1.29, 1.82) is 0 Å². The topological polar surface area (TPSA) is 57.1 Å². The largest absolute Gasteiger partial charge is 0.861 e. The van der Waals surface area contributed by atoms with Gasteiger partial charge in [0.2, 0.25) is 0 Å². The van der Waals surface area contributed by atoms with Crippen LogP contribution in [0.5, 0.6) is 11.5 Å². The lowest BCUT2D eigenvalue weighted by molar-refractivity contribution is 0.425. The van der Waals surface area contributed by atoms with Crippen molar-refractivity contribution in [1.82, 2.24) is 15.0 Å². The molecule has 0 saturated carbocycles. The number of nitrogens with zero attached hydrogens (tertiary/aromatic N) is 3. The minimum atomic E-state index is -2.41. The highest BCUT2D eigenvalue weighted by atomic mass is 27.2. The van der Waals surface area contributed by atoms with Gasteiger partial charge in [-0.2, -0.15) is 0 Å². The minimum absolute atomic E-state index is 0.620. The molecule has 0 radical (unpaired) electrons. The summed E-state index contributed by atoms with van der Waals surface area (Å²) in [4.78, 5) is 13.8. The summed E-state index contributed by atoms with van der Waals surface area (Å²) in [5, 5.41) is 3.74. The Bertz CT molecular complexity index is 1630. The van der Waals surface area contributed by atoms with Gasteiger partial charge < -0.3 is 7.58 Å². The fourth-order valence-corrected chi connectivity index (χ4v) is 6.37. The monoisotopic (exact) mass is 483 g/mol. The van der Waals surface area contributed by atoms with Crippen LogP contribution in [0.3, 0.4) is 0 Å². The van der Waals surface area contributed by atoms with Crippen molar-refractivity contribution in [3.05, 3.63) is 121 Å². The molecule has 0 amide bonds. The molecule has 0 saturated heterocycles. The lowest BCUT2D eigenvalue weighted by Crippen LogP contribution is -2.33. The maximum Gasteiger partial charge on any atom is 0.861 e. The van der Waals surface area contributed by atoms with Crippen molar-refractivity contribution < 1.29 is 7.58 Å². The van der Waals surface area contributed by atoms with Crippen LogP contribution in [0.25, 0.3) is 38.8 Å². The van der Waals surface area contributed by atoms with Gasteiger partial charge in [0.05, 0.1) is 5.52 Å². The summed E-state index contributed by atoms with van der Waals surface area (Å²) >= 11 is -2.41.